The summed E-state index contributed by atoms with van der Waals surface area (Å²) in [5, 5.41) is 4.35. The number of fused-ring (bicyclic) bond motifs is 2. The van der Waals surface area contributed by atoms with Crippen molar-refractivity contribution in [2.45, 2.75) is 13.8 Å². The Kier molecular flexibility index (Phi) is 7.42. The molecule has 0 aliphatic heterocycles. The number of para-hydroxylation sites is 1. The minimum Gasteiger partial charge on any atom is -0.453 e. The second kappa shape index (κ2) is 10.4. The van der Waals surface area contributed by atoms with E-state index in [1.165, 1.54) is 12.3 Å². The van der Waals surface area contributed by atoms with Crippen molar-refractivity contribution in [3.63, 3.8) is 0 Å². The summed E-state index contributed by atoms with van der Waals surface area (Å²) in [4.78, 5) is 36.8. The largest absolute Gasteiger partial charge is 0.453 e. The van der Waals surface area contributed by atoms with Crippen LogP contribution in [0, 0.1) is 0 Å². The zero-order chi connectivity index (χ0) is 26.1. The third-order valence-corrected chi connectivity index (χ3v) is 6.02. The van der Waals surface area contributed by atoms with E-state index in [1.54, 1.807) is 30.3 Å². The first-order valence-corrected chi connectivity index (χ1v) is 11.6. The summed E-state index contributed by atoms with van der Waals surface area (Å²) in [7, 11) is 0. The number of anilines is 1. The van der Waals surface area contributed by atoms with E-state index >= 15 is 0 Å². The van der Waals surface area contributed by atoms with E-state index in [2.05, 4.69) is 10.5 Å². The van der Waals surface area contributed by atoms with Crippen molar-refractivity contribution in [1.29, 1.82) is 0 Å². The van der Waals surface area contributed by atoms with Crippen molar-refractivity contribution >= 4 is 92.2 Å². The molecule has 0 unspecified atom stereocenters. The Morgan fingerprint density at radius 3 is 2.31 bits per heavy atom. The summed E-state index contributed by atoms with van der Waals surface area (Å²) in [5.41, 5.74) is 3.03. The van der Waals surface area contributed by atoms with Crippen LogP contribution >= 0.6 is 46.4 Å². The monoisotopic (exact) mass is 566 g/mol. The first kappa shape index (κ1) is 25.8. The van der Waals surface area contributed by atoms with Crippen LogP contribution in [0.3, 0.4) is 0 Å². The Labute approximate surface area is 223 Å². The van der Waals surface area contributed by atoms with E-state index in [-0.39, 0.29) is 43.5 Å². The maximum Gasteiger partial charge on any atom is 0.308 e. The van der Waals surface area contributed by atoms with Crippen LogP contribution in [0.5, 0.6) is 11.5 Å². The standard InChI is InChI=1S/C24H14Cl4N2O6/c1-10(31)34-22-17-20(33)14-5-3-4-12(9-29-30-16-7-6-13(25)8-15(16)26)21(14)36-23(17)19(28)24(18(22)27)35-11(2)32/h3-9,30H,1-2H3/b29-9+. The number of halogens is 4. The number of hydrogen-bond acceptors (Lipinski definition) is 8. The SMILES string of the molecule is CC(=O)Oc1c(Cl)c(OC(C)=O)c2c(=O)c3cccc(/C=N/Nc4ccc(Cl)cc4Cl)c3oc2c1Cl. The molecule has 0 spiro atoms. The summed E-state index contributed by atoms with van der Waals surface area (Å²) < 4.78 is 16.3. The fourth-order valence-electron chi connectivity index (χ4n) is 3.34. The van der Waals surface area contributed by atoms with E-state index in [9.17, 15) is 14.4 Å². The first-order valence-electron chi connectivity index (χ1n) is 10.1. The van der Waals surface area contributed by atoms with Gasteiger partial charge in [0, 0.05) is 24.4 Å². The van der Waals surface area contributed by atoms with Gasteiger partial charge in [0.25, 0.3) is 0 Å². The molecule has 0 bridgehead atoms. The molecule has 0 aliphatic carbocycles. The number of nitrogens with one attached hydrogen (secondary N) is 1. The van der Waals surface area contributed by atoms with Crippen molar-refractivity contribution in [2.75, 3.05) is 5.43 Å². The normalized spacial score (nSPS) is 11.3. The summed E-state index contributed by atoms with van der Waals surface area (Å²) in [6.45, 7) is 2.26. The molecule has 0 amide bonds. The van der Waals surface area contributed by atoms with Crippen LogP contribution < -0.4 is 20.3 Å². The third-order valence-electron chi connectivity index (χ3n) is 4.78. The molecule has 3 aromatic carbocycles. The molecular formula is C24H14Cl4N2O6. The molecule has 0 atom stereocenters. The van der Waals surface area contributed by atoms with Gasteiger partial charge in [0.05, 0.1) is 22.3 Å². The molecule has 4 rings (SSSR count). The molecule has 0 aliphatic rings. The van der Waals surface area contributed by atoms with Crippen LogP contribution in [-0.2, 0) is 9.59 Å². The lowest BCUT2D eigenvalue weighted by Crippen LogP contribution is -2.11. The van der Waals surface area contributed by atoms with Gasteiger partial charge in [0.1, 0.15) is 21.0 Å². The fourth-order valence-corrected chi connectivity index (χ4v) is 4.37. The van der Waals surface area contributed by atoms with E-state index in [0.29, 0.717) is 21.3 Å². The van der Waals surface area contributed by atoms with Gasteiger partial charge in [-0.1, -0.05) is 52.5 Å². The summed E-state index contributed by atoms with van der Waals surface area (Å²) >= 11 is 24.8. The number of nitrogens with zero attached hydrogens (tertiary/aromatic N) is 1. The molecule has 8 nitrogen and oxygen atoms in total. The predicted molar refractivity (Wildman–Crippen MR) is 140 cm³/mol. The molecule has 12 heteroatoms. The van der Waals surface area contributed by atoms with Crippen molar-refractivity contribution in [1.82, 2.24) is 0 Å². The van der Waals surface area contributed by atoms with Crippen molar-refractivity contribution in [3.8, 4) is 11.5 Å². The Morgan fingerprint density at radius 2 is 1.64 bits per heavy atom. The maximum atomic E-state index is 13.5. The quantitative estimate of drug-likeness (QED) is 0.0922. The topological polar surface area (TPSA) is 107 Å². The Balaban J connectivity index is 1.93. The van der Waals surface area contributed by atoms with Gasteiger partial charge in [-0.2, -0.15) is 5.10 Å². The number of hydrogen-bond donors (Lipinski definition) is 1. The highest BCUT2D eigenvalue weighted by molar-refractivity contribution is 6.42. The van der Waals surface area contributed by atoms with E-state index in [4.69, 9.17) is 60.3 Å². The highest BCUT2D eigenvalue weighted by Gasteiger charge is 2.27. The number of hydrazone groups is 1. The van der Waals surface area contributed by atoms with E-state index in [0.717, 1.165) is 13.8 Å². The van der Waals surface area contributed by atoms with Gasteiger partial charge in [-0.25, -0.2) is 0 Å². The fraction of sp³-hybridized carbons (Fsp3) is 0.0833. The van der Waals surface area contributed by atoms with Gasteiger partial charge in [0.2, 0.25) is 5.43 Å². The van der Waals surface area contributed by atoms with Gasteiger partial charge in [-0.05, 0) is 30.3 Å². The number of esters is 2. The van der Waals surface area contributed by atoms with E-state index in [1.807, 2.05) is 0 Å². The molecule has 1 heterocycles. The van der Waals surface area contributed by atoms with Crippen LogP contribution in [0.1, 0.15) is 19.4 Å². The number of carbonyl (C=O) groups is 2. The first-order chi connectivity index (χ1) is 17.1. The van der Waals surface area contributed by atoms with Crippen molar-refractivity contribution in [2.24, 2.45) is 5.10 Å². The summed E-state index contributed by atoms with van der Waals surface area (Å²) in [5.74, 6) is -2.16. The van der Waals surface area contributed by atoms with Crippen LogP contribution in [0.25, 0.3) is 21.9 Å². The number of carbonyl (C=O) groups excluding carboxylic acids is 2. The minimum atomic E-state index is -0.762. The summed E-state index contributed by atoms with van der Waals surface area (Å²) in [6.07, 6.45) is 1.41. The second-order valence-electron chi connectivity index (χ2n) is 7.33. The Hall–Kier alpha value is -3.30. The second-order valence-corrected chi connectivity index (χ2v) is 8.93. The van der Waals surface area contributed by atoms with Gasteiger partial charge in [0.15, 0.2) is 17.1 Å². The molecule has 4 aromatic rings. The summed E-state index contributed by atoms with van der Waals surface area (Å²) in [6, 6.07) is 9.62. The third kappa shape index (κ3) is 4.99. The van der Waals surface area contributed by atoms with Crippen molar-refractivity contribution in [3.05, 3.63) is 72.3 Å². The zero-order valence-corrected chi connectivity index (χ0v) is 21.5. The van der Waals surface area contributed by atoms with Crippen LogP contribution in [0.4, 0.5) is 5.69 Å². The molecule has 1 N–H and O–H groups in total. The van der Waals surface area contributed by atoms with Crippen LogP contribution in [-0.4, -0.2) is 18.2 Å². The molecule has 0 saturated heterocycles. The lowest BCUT2D eigenvalue weighted by Gasteiger charge is -2.14. The number of rotatable bonds is 5. The van der Waals surface area contributed by atoms with Crippen LogP contribution in [0.15, 0.2) is 50.7 Å². The molecule has 1 aromatic heterocycles. The molecule has 0 saturated carbocycles. The van der Waals surface area contributed by atoms with Gasteiger partial charge >= 0.3 is 11.9 Å². The molecule has 184 valence electrons. The molecular weight excluding hydrogens is 554 g/mol. The Bertz CT molecular complexity index is 1650. The molecule has 36 heavy (non-hydrogen) atoms. The lowest BCUT2D eigenvalue weighted by atomic mass is 10.1. The van der Waals surface area contributed by atoms with Gasteiger partial charge in [-0.3, -0.25) is 19.8 Å². The smallest absolute Gasteiger partial charge is 0.308 e. The lowest BCUT2D eigenvalue weighted by molar-refractivity contribution is -0.132. The van der Waals surface area contributed by atoms with E-state index < -0.39 is 17.4 Å². The van der Waals surface area contributed by atoms with Crippen LogP contribution in [0.2, 0.25) is 20.1 Å². The average Bonchev–Trinajstić information content (AvgIpc) is 2.81. The number of benzene rings is 3. The minimum absolute atomic E-state index is 0.120. The molecule has 0 fully saturated rings. The van der Waals surface area contributed by atoms with Crippen molar-refractivity contribution < 1.29 is 23.5 Å². The van der Waals surface area contributed by atoms with Gasteiger partial charge in [-0.15, -0.1) is 0 Å². The predicted octanol–water partition coefficient (Wildman–Crippen LogP) is 6.86. The molecule has 0 radical (unpaired) electrons. The Morgan fingerprint density at radius 1 is 0.944 bits per heavy atom. The number of ether oxygens (including phenoxy) is 2. The highest BCUT2D eigenvalue weighted by Crippen LogP contribution is 2.47. The zero-order valence-electron chi connectivity index (χ0n) is 18.5. The average molecular weight is 568 g/mol. The van der Waals surface area contributed by atoms with Gasteiger partial charge < -0.3 is 13.9 Å². The highest BCUT2D eigenvalue weighted by atomic mass is 35.5. The maximum absolute atomic E-state index is 13.5.